The van der Waals surface area contributed by atoms with Crippen LogP contribution in [0, 0.1) is 0 Å². The standard InChI is InChI=1S/C16H15N5S/c1-20-11-7-4-3-6-10(11)18-16(20)13-14(12-8-5-9-22-12)19-21(2)15(13)17/h3-9H,17H2,1-2H3. The lowest BCUT2D eigenvalue weighted by Gasteiger charge is -2.03. The second-order valence-corrected chi connectivity index (χ2v) is 6.14. The second-order valence-electron chi connectivity index (χ2n) is 5.19. The molecule has 0 aliphatic heterocycles. The highest BCUT2D eigenvalue weighted by molar-refractivity contribution is 7.13. The summed E-state index contributed by atoms with van der Waals surface area (Å²) in [5, 5.41) is 6.63. The van der Waals surface area contributed by atoms with Gasteiger partial charge in [0.1, 0.15) is 17.3 Å². The van der Waals surface area contributed by atoms with E-state index in [1.807, 2.05) is 43.7 Å². The van der Waals surface area contributed by atoms with Crippen molar-refractivity contribution < 1.29 is 0 Å². The van der Waals surface area contributed by atoms with Gasteiger partial charge in [0.15, 0.2) is 0 Å². The van der Waals surface area contributed by atoms with Gasteiger partial charge >= 0.3 is 0 Å². The zero-order valence-electron chi connectivity index (χ0n) is 12.3. The molecule has 0 aliphatic rings. The number of rotatable bonds is 2. The quantitative estimate of drug-likeness (QED) is 0.618. The molecular formula is C16H15N5S. The molecule has 0 radical (unpaired) electrons. The number of nitrogens with zero attached hydrogens (tertiary/aromatic N) is 4. The number of hydrogen-bond donors (Lipinski definition) is 1. The first-order chi connectivity index (χ1) is 10.7. The van der Waals surface area contributed by atoms with Crippen molar-refractivity contribution in [2.24, 2.45) is 14.1 Å². The van der Waals surface area contributed by atoms with Crippen molar-refractivity contribution in [1.29, 1.82) is 0 Å². The number of nitrogens with two attached hydrogens (primary N) is 1. The Morgan fingerprint density at radius 1 is 1.09 bits per heavy atom. The predicted molar refractivity (Wildman–Crippen MR) is 90.6 cm³/mol. The van der Waals surface area contributed by atoms with Crippen LogP contribution in [-0.4, -0.2) is 19.3 Å². The van der Waals surface area contributed by atoms with E-state index in [1.54, 1.807) is 16.0 Å². The lowest BCUT2D eigenvalue weighted by Crippen LogP contribution is -2.00. The summed E-state index contributed by atoms with van der Waals surface area (Å²) in [4.78, 5) is 5.85. The molecule has 110 valence electrons. The molecule has 0 bridgehead atoms. The average molecular weight is 309 g/mol. The van der Waals surface area contributed by atoms with Crippen molar-refractivity contribution in [2.45, 2.75) is 0 Å². The zero-order valence-corrected chi connectivity index (χ0v) is 13.1. The van der Waals surface area contributed by atoms with Crippen LogP contribution in [0.5, 0.6) is 0 Å². The predicted octanol–water partition coefficient (Wildman–Crippen LogP) is 3.28. The molecule has 5 nitrogen and oxygen atoms in total. The normalized spacial score (nSPS) is 11.4. The molecule has 4 aromatic rings. The van der Waals surface area contributed by atoms with Gasteiger partial charge in [-0.2, -0.15) is 5.10 Å². The van der Waals surface area contributed by atoms with Gasteiger partial charge in [-0.15, -0.1) is 11.3 Å². The molecule has 0 fully saturated rings. The summed E-state index contributed by atoms with van der Waals surface area (Å²) in [6.07, 6.45) is 0. The molecular weight excluding hydrogens is 294 g/mol. The monoisotopic (exact) mass is 309 g/mol. The highest BCUT2D eigenvalue weighted by Crippen LogP contribution is 2.38. The minimum atomic E-state index is 0.627. The van der Waals surface area contributed by atoms with Gasteiger partial charge in [-0.05, 0) is 23.6 Å². The fourth-order valence-corrected chi connectivity index (χ4v) is 3.43. The van der Waals surface area contributed by atoms with Crippen molar-refractivity contribution in [3.05, 3.63) is 41.8 Å². The SMILES string of the molecule is Cn1nc(-c2cccs2)c(-c2nc3ccccc3n2C)c1N. The number of aromatic nitrogens is 4. The molecule has 3 heterocycles. The van der Waals surface area contributed by atoms with Crippen molar-refractivity contribution in [2.75, 3.05) is 5.73 Å². The lowest BCUT2D eigenvalue weighted by molar-refractivity contribution is 0.783. The summed E-state index contributed by atoms with van der Waals surface area (Å²) in [5.74, 6) is 1.47. The van der Waals surface area contributed by atoms with Gasteiger partial charge in [0.05, 0.1) is 21.5 Å². The van der Waals surface area contributed by atoms with E-state index in [0.29, 0.717) is 5.82 Å². The van der Waals surface area contributed by atoms with E-state index in [4.69, 9.17) is 10.7 Å². The minimum Gasteiger partial charge on any atom is -0.383 e. The van der Waals surface area contributed by atoms with Crippen LogP contribution < -0.4 is 5.73 Å². The van der Waals surface area contributed by atoms with E-state index >= 15 is 0 Å². The van der Waals surface area contributed by atoms with Gasteiger partial charge in [-0.3, -0.25) is 4.68 Å². The third-order valence-electron chi connectivity index (χ3n) is 3.86. The molecule has 0 atom stereocenters. The Balaban J connectivity index is 2.04. The Morgan fingerprint density at radius 3 is 2.64 bits per heavy atom. The Bertz CT molecular complexity index is 962. The van der Waals surface area contributed by atoms with Crippen molar-refractivity contribution in [1.82, 2.24) is 19.3 Å². The molecule has 6 heteroatoms. The van der Waals surface area contributed by atoms with E-state index in [2.05, 4.69) is 21.8 Å². The zero-order chi connectivity index (χ0) is 15.3. The Hall–Kier alpha value is -2.60. The summed E-state index contributed by atoms with van der Waals surface area (Å²) >= 11 is 1.65. The number of thiophene rings is 1. The lowest BCUT2D eigenvalue weighted by atomic mass is 10.2. The van der Waals surface area contributed by atoms with E-state index in [9.17, 15) is 0 Å². The summed E-state index contributed by atoms with van der Waals surface area (Å²) in [7, 11) is 3.87. The molecule has 1 aromatic carbocycles. The van der Waals surface area contributed by atoms with Crippen LogP contribution in [0.25, 0.3) is 33.0 Å². The molecule has 4 rings (SSSR count). The molecule has 0 saturated heterocycles. The van der Waals surface area contributed by atoms with Crippen LogP contribution in [0.4, 0.5) is 5.82 Å². The van der Waals surface area contributed by atoms with Crippen molar-refractivity contribution in [3.63, 3.8) is 0 Å². The minimum absolute atomic E-state index is 0.627. The molecule has 22 heavy (non-hydrogen) atoms. The molecule has 0 spiro atoms. The number of aryl methyl sites for hydroxylation is 2. The number of imidazole rings is 1. The number of hydrogen-bond acceptors (Lipinski definition) is 4. The molecule has 0 unspecified atom stereocenters. The number of benzene rings is 1. The Morgan fingerprint density at radius 2 is 1.91 bits per heavy atom. The fourth-order valence-electron chi connectivity index (χ4n) is 2.71. The van der Waals surface area contributed by atoms with Crippen LogP contribution in [0.2, 0.25) is 0 Å². The van der Waals surface area contributed by atoms with E-state index < -0.39 is 0 Å². The Kier molecular flexibility index (Phi) is 2.80. The summed E-state index contributed by atoms with van der Waals surface area (Å²) in [5.41, 5.74) is 10.1. The van der Waals surface area contributed by atoms with Gasteiger partial charge in [-0.1, -0.05) is 18.2 Å². The molecule has 0 aliphatic carbocycles. The summed E-state index contributed by atoms with van der Waals surface area (Å²) in [6.45, 7) is 0. The van der Waals surface area contributed by atoms with Crippen molar-refractivity contribution in [3.8, 4) is 22.0 Å². The average Bonchev–Trinajstić information content (AvgIpc) is 3.21. The molecule has 3 aromatic heterocycles. The maximum Gasteiger partial charge on any atom is 0.146 e. The van der Waals surface area contributed by atoms with Gasteiger partial charge in [0.25, 0.3) is 0 Å². The van der Waals surface area contributed by atoms with Gasteiger partial charge in [0, 0.05) is 14.1 Å². The van der Waals surface area contributed by atoms with Crippen LogP contribution in [0.3, 0.4) is 0 Å². The first-order valence-electron chi connectivity index (χ1n) is 6.95. The third-order valence-corrected chi connectivity index (χ3v) is 4.73. The van der Waals surface area contributed by atoms with Crippen LogP contribution >= 0.6 is 11.3 Å². The molecule has 0 amide bonds. The first kappa shape index (κ1) is 13.1. The second kappa shape index (κ2) is 4.71. The highest BCUT2D eigenvalue weighted by Gasteiger charge is 2.22. The largest absolute Gasteiger partial charge is 0.383 e. The summed E-state index contributed by atoms with van der Waals surface area (Å²) < 4.78 is 3.78. The highest BCUT2D eigenvalue weighted by atomic mass is 32.1. The van der Waals surface area contributed by atoms with E-state index in [0.717, 1.165) is 33.0 Å². The van der Waals surface area contributed by atoms with Crippen LogP contribution in [0.1, 0.15) is 0 Å². The maximum atomic E-state index is 6.28. The van der Waals surface area contributed by atoms with Gasteiger partial charge in [-0.25, -0.2) is 4.98 Å². The number of para-hydroxylation sites is 2. The maximum absolute atomic E-state index is 6.28. The number of nitrogen functional groups attached to an aromatic ring is 1. The van der Waals surface area contributed by atoms with Gasteiger partial charge < -0.3 is 10.3 Å². The molecule has 2 N–H and O–H groups in total. The molecule has 0 saturated carbocycles. The fraction of sp³-hybridized carbons (Fsp3) is 0.125. The van der Waals surface area contributed by atoms with Crippen molar-refractivity contribution >= 4 is 28.2 Å². The van der Waals surface area contributed by atoms with E-state index in [1.165, 1.54) is 0 Å². The number of anilines is 1. The summed E-state index contributed by atoms with van der Waals surface area (Å²) in [6, 6.07) is 12.1. The number of fused-ring (bicyclic) bond motifs is 1. The van der Waals surface area contributed by atoms with Gasteiger partial charge in [0.2, 0.25) is 0 Å². The Labute approximate surface area is 131 Å². The third kappa shape index (κ3) is 1.77. The first-order valence-corrected chi connectivity index (χ1v) is 7.83. The topological polar surface area (TPSA) is 61.7 Å². The smallest absolute Gasteiger partial charge is 0.146 e. The van der Waals surface area contributed by atoms with E-state index in [-0.39, 0.29) is 0 Å². The van der Waals surface area contributed by atoms with Crippen LogP contribution in [-0.2, 0) is 14.1 Å². The van der Waals surface area contributed by atoms with Crippen LogP contribution in [0.15, 0.2) is 41.8 Å².